The average Bonchev–Trinajstić information content (AvgIpc) is 1.88. The largest absolute Gasteiger partial charge is 0.288 e. The van der Waals surface area contributed by atoms with Crippen molar-refractivity contribution >= 4 is 17.3 Å². The SMILES string of the molecule is CC(C)C1=NNC(Cl)C=C1. The fourth-order valence-corrected chi connectivity index (χ4v) is 0.843. The summed E-state index contributed by atoms with van der Waals surface area (Å²) in [6.07, 6.45) is 3.85. The Morgan fingerprint density at radius 2 is 2.40 bits per heavy atom. The van der Waals surface area contributed by atoms with Crippen LogP contribution >= 0.6 is 11.6 Å². The summed E-state index contributed by atoms with van der Waals surface area (Å²) in [5.41, 5.74) is 3.70. The van der Waals surface area contributed by atoms with Gasteiger partial charge < -0.3 is 0 Å². The molecule has 1 aliphatic heterocycles. The van der Waals surface area contributed by atoms with Crippen molar-refractivity contribution in [2.24, 2.45) is 11.0 Å². The van der Waals surface area contributed by atoms with Crippen LogP contribution in [0, 0.1) is 5.92 Å². The number of nitrogens with zero attached hydrogens (tertiary/aromatic N) is 1. The van der Waals surface area contributed by atoms with Crippen LogP contribution in [0.4, 0.5) is 0 Å². The molecular weight excluding hydrogens is 148 g/mol. The van der Waals surface area contributed by atoms with Gasteiger partial charge in [0.05, 0.1) is 5.71 Å². The van der Waals surface area contributed by atoms with E-state index in [9.17, 15) is 0 Å². The minimum Gasteiger partial charge on any atom is -0.288 e. The number of hydrogen-bond acceptors (Lipinski definition) is 2. The van der Waals surface area contributed by atoms with E-state index in [2.05, 4.69) is 24.4 Å². The lowest BCUT2D eigenvalue weighted by Gasteiger charge is -2.13. The van der Waals surface area contributed by atoms with Gasteiger partial charge in [0.1, 0.15) is 5.50 Å². The highest BCUT2D eigenvalue weighted by atomic mass is 35.5. The molecule has 1 N–H and O–H groups in total. The Labute approximate surface area is 66.0 Å². The molecule has 0 aliphatic carbocycles. The van der Waals surface area contributed by atoms with Crippen molar-refractivity contribution in [2.75, 3.05) is 0 Å². The zero-order valence-corrected chi connectivity index (χ0v) is 6.89. The van der Waals surface area contributed by atoms with Crippen molar-refractivity contribution in [3.05, 3.63) is 12.2 Å². The Morgan fingerprint density at radius 1 is 1.70 bits per heavy atom. The second-order valence-corrected chi connectivity index (χ2v) is 3.05. The number of halogens is 1. The van der Waals surface area contributed by atoms with Crippen LogP contribution in [0.5, 0.6) is 0 Å². The Kier molecular flexibility index (Phi) is 2.33. The molecule has 0 saturated heterocycles. The van der Waals surface area contributed by atoms with Crippen molar-refractivity contribution < 1.29 is 0 Å². The van der Waals surface area contributed by atoms with Gasteiger partial charge in [-0.3, -0.25) is 5.43 Å². The van der Waals surface area contributed by atoms with E-state index in [-0.39, 0.29) is 5.50 Å². The summed E-state index contributed by atoms with van der Waals surface area (Å²) in [5, 5.41) is 4.06. The van der Waals surface area contributed by atoms with Crippen LogP contribution in [-0.2, 0) is 0 Å². The molecular formula is C7H11ClN2. The van der Waals surface area contributed by atoms with E-state index in [1.54, 1.807) is 0 Å². The highest BCUT2D eigenvalue weighted by molar-refractivity contribution is 6.22. The molecule has 0 amide bonds. The minimum atomic E-state index is -0.137. The summed E-state index contributed by atoms with van der Waals surface area (Å²) in [6.45, 7) is 4.19. The third-order valence-corrected chi connectivity index (χ3v) is 1.59. The molecule has 1 rings (SSSR count). The van der Waals surface area contributed by atoms with Crippen LogP contribution in [-0.4, -0.2) is 11.2 Å². The zero-order valence-electron chi connectivity index (χ0n) is 6.13. The monoisotopic (exact) mass is 158 g/mol. The molecule has 0 radical (unpaired) electrons. The number of hydrazone groups is 1. The van der Waals surface area contributed by atoms with Gasteiger partial charge in [-0.25, -0.2) is 0 Å². The molecule has 10 heavy (non-hydrogen) atoms. The normalized spacial score (nSPS) is 24.4. The molecule has 2 nitrogen and oxygen atoms in total. The summed E-state index contributed by atoms with van der Waals surface area (Å²) in [4.78, 5) is 0. The maximum atomic E-state index is 5.68. The van der Waals surface area contributed by atoms with Crippen LogP contribution in [0.25, 0.3) is 0 Å². The molecule has 0 aromatic carbocycles. The van der Waals surface area contributed by atoms with Crippen LogP contribution in [0.3, 0.4) is 0 Å². The molecule has 1 atom stereocenters. The van der Waals surface area contributed by atoms with E-state index < -0.39 is 0 Å². The second kappa shape index (κ2) is 3.06. The van der Waals surface area contributed by atoms with Gasteiger partial charge in [0, 0.05) is 0 Å². The number of nitrogens with one attached hydrogen (secondary N) is 1. The summed E-state index contributed by atoms with van der Waals surface area (Å²) in [6, 6.07) is 0. The maximum absolute atomic E-state index is 5.68. The molecule has 3 heteroatoms. The first-order chi connectivity index (χ1) is 4.70. The summed E-state index contributed by atoms with van der Waals surface area (Å²) >= 11 is 5.68. The topological polar surface area (TPSA) is 24.4 Å². The molecule has 1 unspecified atom stereocenters. The molecule has 0 aromatic heterocycles. The number of alkyl halides is 1. The van der Waals surface area contributed by atoms with Gasteiger partial charge in [-0.15, -0.1) is 0 Å². The van der Waals surface area contributed by atoms with Crippen LogP contribution in [0.2, 0.25) is 0 Å². The molecule has 0 bridgehead atoms. The average molecular weight is 159 g/mol. The van der Waals surface area contributed by atoms with Gasteiger partial charge in [0.15, 0.2) is 0 Å². The maximum Gasteiger partial charge on any atom is 0.136 e. The van der Waals surface area contributed by atoms with Crippen molar-refractivity contribution in [1.82, 2.24) is 5.43 Å². The van der Waals surface area contributed by atoms with Gasteiger partial charge >= 0.3 is 0 Å². The van der Waals surface area contributed by atoms with Gasteiger partial charge in [-0.1, -0.05) is 25.4 Å². The Hall–Kier alpha value is -0.500. The van der Waals surface area contributed by atoms with Gasteiger partial charge in [-0.2, -0.15) is 5.10 Å². The Bertz CT molecular complexity index is 172. The molecule has 0 saturated carbocycles. The number of allylic oxidation sites excluding steroid dienone is 1. The molecule has 56 valence electrons. The first-order valence-electron chi connectivity index (χ1n) is 3.35. The summed E-state index contributed by atoms with van der Waals surface area (Å²) < 4.78 is 0. The number of hydrogen-bond donors (Lipinski definition) is 1. The molecule has 1 aliphatic rings. The molecule has 0 aromatic rings. The first-order valence-corrected chi connectivity index (χ1v) is 3.79. The Morgan fingerprint density at radius 3 is 2.80 bits per heavy atom. The lowest BCUT2D eigenvalue weighted by Crippen LogP contribution is -2.23. The van der Waals surface area contributed by atoms with Crippen molar-refractivity contribution in [3.63, 3.8) is 0 Å². The third-order valence-electron chi connectivity index (χ3n) is 1.34. The first kappa shape index (κ1) is 7.61. The highest BCUT2D eigenvalue weighted by Crippen LogP contribution is 2.05. The second-order valence-electron chi connectivity index (χ2n) is 2.58. The van der Waals surface area contributed by atoms with E-state index in [4.69, 9.17) is 11.6 Å². The summed E-state index contributed by atoms with van der Waals surface area (Å²) in [7, 11) is 0. The zero-order chi connectivity index (χ0) is 7.56. The molecule has 0 spiro atoms. The van der Waals surface area contributed by atoms with E-state index in [0.29, 0.717) is 5.92 Å². The smallest absolute Gasteiger partial charge is 0.136 e. The standard InChI is InChI=1S/C7H11ClN2/c1-5(2)6-3-4-7(8)10-9-6/h3-5,7,10H,1-2H3. The lowest BCUT2D eigenvalue weighted by molar-refractivity contribution is 0.740. The van der Waals surface area contributed by atoms with Crippen LogP contribution in [0.15, 0.2) is 17.3 Å². The predicted octanol–water partition coefficient (Wildman–Crippen LogP) is 1.72. The van der Waals surface area contributed by atoms with Crippen LogP contribution in [0.1, 0.15) is 13.8 Å². The van der Waals surface area contributed by atoms with Gasteiger partial charge in [0.25, 0.3) is 0 Å². The van der Waals surface area contributed by atoms with Crippen molar-refractivity contribution in [2.45, 2.75) is 19.3 Å². The Balaban J connectivity index is 2.59. The quantitative estimate of drug-likeness (QED) is 0.456. The third kappa shape index (κ3) is 1.74. The van der Waals surface area contributed by atoms with Gasteiger partial charge in [-0.05, 0) is 18.1 Å². The predicted molar refractivity (Wildman–Crippen MR) is 44.2 cm³/mol. The fraction of sp³-hybridized carbons (Fsp3) is 0.571. The van der Waals surface area contributed by atoms with Crippen molar-refractivity contribution in [3.8, 4) is 0 Å². The van der Waals surface area contributed by atoms with E-state index in [1.165, 1.54) is 0 Å². The highest BCUT2D eigenvalue weighted by Gasteiger charge is 2.07. The van der Waals surface area contributed by atoms with E-state index >= 15 is 0 Å². The van der Waals surface area contributed by atoms with Gasteiger partial charge in [0.2, 0.25) is 0 Å². The van der Waals surface area contributed by atoms with E-state index in [1.807, 2.05) is 12.2 Å². The summed E-state index contributed by atoms with van der Waals surface area (Å²) in [5.74, 6) is 0.466. The van der Waals surface area contributed by atoms with Crippen LogP contribution < -0.4 is 5.43 Å². The van der Waals surface area contributed by atoms with Crippen molar-refractivity contribution in [1.29, 1.82) is 0 Å². The number of rotatable bonds is 1. The van der Waals surface area contributed by atoms with E-state index in [0.717, 1.165) is 5.71 Å². The molecule has 1 heterocycles. The minimum absolute atomic E-state index is 0.137. The fourth-order valence-electron chi connectivity index (χ4n) is 0.721. The molecule has 0 fully saturated rings. The lowest BCUT2D eigenvalue weighted by atomic mass is 10.1.